The maximum Gasteiger partial charge on any atom is 0.339 e. The Morgan fingerprint density at radius 3 is 2.49 bits per heavy atom. The lowest BCUT2D eigenvalue weighted by atomic mass is 10.2. The van der Waals surface area contributed by atoms with E-state index in [4.69, 9.17) is 14.2 Å². The van der Waals surface area contributed by atoms with Crippen LogP contribution in [0.15, 0.2) is 54.7 Å². The fourth-order valence-corrected chi connectivity index (χ4v) is 4.52. The summed E-state index contributed by atoms with van der Waals surface area (Å²) in [5.74, 6) is -0.526. The second kappa shape index (κ2) is 12.6. The van der Waals surface area contributed by atoms with E-state index in [1.165, 1.54) is 16.6 Å². The molecule has 4 rings (SSSR count). The number of anilines is 1. The van der Waals surface area contributed by atoms with Crippen molar-refractivity contribution in [1.82, 2.24) is 9.47 Å². The van der Waals surface area contributed by atoms with E-state index in [1.54, 1.807) is 31.4 Å². The highest BCUT2D eigenvalue weighted by Crippen LogP contribution is 2.30. The molecule has 0 atom stereocenters. The molecule has 0 saturated carbocycles. The molecule has 1 saturated heterocycles. The molecule has 2 aromatic carbocycles. The van der Waals surface area contributed by atoms with Gasteiger partial charge in [-0.2, -0.15) is 0 Å². The first-order valence-electron chi connectivity index (χ1n) is 12.2. The molecule has 0 aliphatic carbocycles. The molecule has 2 heterocycles. The number of piperazine rings is 1. The number of ether oxygens (including phenoxy) is 3. The molecule has 3 aromatic rings. The van der Waals surface area contributed by atoms with Crippen LogP contribution in [-0.4, -0.2) is 86.8 Å². The fraction of sp³-hybridized carbons (Fsp3) is 0.444. The SMILES string of the molecule is COCCOCCn1cc(N2CCN(CCCOc3ccccc3C(=O)O)CC2)c2ccccc21. The Hall–Kier alpha value is -3.07. The Bertz CT molecular complexity index is 1090. The van der Waals surface area contributed by atoms with Crippen molar-refractivity contribution in [2.45, 2.75) is 13.0 Å². The van der Waals surface area contributed by atoms with E-state index in [0.29, 0.717) is 32.2 Å². The van der Waals surface area contributed by atoms with Crippen LogP contribution < -0.4 is 9.64 Å². The summed E-state index contributed by atoms with van der Waals surface area (Å²) in [4.78, 5) is 16.2. The van der Waals surface area contributed by atoms with Crippen molar-refractivity contribution in [3.05, 3.63) is 60.3 Å². The molecule has 8 heteroatoms. The van der Waals surface area contributed by atoms with E-state index in [1.807, 2.05) is 0 Å². The number of aromatic nitrogens is 1. The smallest absolute Gasteiger partial charge is 0.339 e. The number of hydrogen-bond acceptors (Lipinski definition) is 6. The number of para-hydroxylation sites is 2. The summed E-state index contributed by atoms with van der Waals surface area (Å²) in [6, 6.07) is 15.4. The number of benzene rings is 2. The predicted molar refractivity (Wildman–Crippen MR) is 137 cm³/mol. The van der Waals surface area contributed by atoms with Gasteiger partial charge in [0.2, 0.25) is 0 Å². The summed E-state index contributed by atoms with van der Waals surface area (Å²) >= 11 is 0. The minimum absolute atomic E-state index is 0.210. The van der Waals surface area contributed by atoms with E-state index in [0.717, 1.165) is 45.7 Å². The van der Waals surface area contributed by atoms with Gasteiger partial charge in [0.1, 0.15) is 11.3 Å². The summed E-state index contributed by atoms with van der Waals surface area (Å²) in [5.41, 5.74) is 2.73. The second-order valence-electron chi connectivity index (χ2n) is 8.66. The zero-order valence-electron chi connectivity index (χ0n) is 20.4. The van der Waals surface area contributed by atoms with E-state index >= 15 is 0 Å². The molecule has 1 fully saturated rings. The second-order valence-corrected chi connectivity index (χ2v) is 8.66. The van der Waals surface area contributed by atoms with Gasteiger partial charge in [-0.1, -0.05) is 30.3 Å². The van der Waals surface area contributed by atoms with Gasteiger partial charge in [0.15, 0.2) is 0 Å². The van der Waals surface area contributed by atoms with E-state index in [-0.39, 0.29) is 5.56 Å². The van der Waals surface area contributed by atoms with Crippen molar-refractivity contribution in [2.24, 2.45) is 0 Å². The van der Waals surface area contributed by atoms with Gasteiger partial charge in [-0.25, -0.2) is 4.79 Å². The number of methoxy groups -OCH3 is 1. The Morgan fingerprint density at radius 2 is 1.69 bits per heavy atom. The zero-order valence-corrected chi connectivity index (χ0v) is 20.4. The van der Waals surface area contributed by atoms with Gasteiger partial charge in [0.25, 0.3) is 0 Å². The van der Waals surface area contributed by atoms with Gasteiger partial charge in [-0.3, -0.25) is 4.90 Å². The third-order valence-electron chi connectivity index (χ3n) is 6.38. The number of fused-ring (bicyclic) bond motifs is 1. The molecule has 8 nitrogen and oxygen atoms in total. The largest absolute Gasteiger partial charge is 0.493 e. The summed E-state index contributed by atoms with van der Waals surface area (Å²) < 4.78 is 18.8. The molecule has 35 heavy (non-hydrogen) atoms. The minimum atomic E-state index is -0.961. The molecule has 1 N–H and O–H groups in total. The normalized spacial score (nSPS) is 14.5. The number of hydrogen-bond donors (Lipinski definition) is 1. The molecule has 0 amide bonds. The van der Waals surface area contributed by atoms with Gasteiger partial charge in [-0.15, -0.1) is 0 Å². The van der Waals surface area contributed by atoms with E-state index in [9.17, 15) is 9.90 Å². The Balaban J connectivity index is 1.26. The highest BCUT2D eigenvalue weighted by atomic mass is 16.5. The average molecular weight is 482 g/mol. The van der Waals surface area contributed by atoms with Gasteiger partial charge >= 0.3 is 5.97 Å². The van der Waals surface area contributed by atoms with Crippen LogP contribution in [0, 0.1) is 0 Å². The first-order chi connectivity index (χ1) is 17.2. The Morgan fingerprint density at radius 1 is 0.914 bits per heavy atom. The standard InChI is InChI=1S/C27H35N3O5/c1-33-19-20-34-18-16-30-21-25(22-7-2-4-9-24(22)30)29-14-12-28(13-15-29)11-6-17-35-26-10-5-3-8-23(26)27(31)32/h2-5,7-10,21H,6,11-20H2,1H3,(H,31,32). The molecule has 0 bridgehead atoms. The number of rotatable bonds is 13. The molecule has 1 aliphatic rings. The molecule has 1 aliphatic heterocycles. The van der Waals surface area contributed by atoms with Crippen LogP contribution in [0.4, 0.5) is 5.69 Å². The molecule has 1 aromatic heterocycles. The molecule has 188 valence electrons. The van der Waals surface area contributed by atoms with Crippen molar-refractivity contribution in [3.8, 4) is 5.75 Å². The van der Waals surface area contributed by atoms with Crippen LogP contribution in [0.2, 0.25) is 0 Å². The number of aromatic carboxylic acids is 1. The lowest BCUT2D eigenvalue weighted by Gasteiger charge is -2.35. The number of nitrogens with zero attached hydrogens (tertiary/aromatic N) is 3. The first-order valence-corrected chi connectivity index (χ1v) is 12.2. The molecular weight excluding hydrogens is 446 g/mol. The summed E-state index contributed by atoms with van der Waals surface area (Å²) in [6.45, 7) is 8.07. The van der Waals surface area contributed by atoms with Gasteiger partial charge in [0, 0.05) is 58.0 Å². The van der Waals surface area contributed by atoms with Crippen molar-refractivity contribution in [1.29, 1.82) is 0 Å². The average Bonchev–Trinajstić information content (AvgIpc) is 3.26. The number of carboxylic acid groups (broad SMARTS) is 1. The predicted octanol–water partition coefficient (Wildman–Crippen LogP) is 3.59. The zero-order chi connectivity index (χ0) is 24.5. The lowest BCUT2D eigenvalue weighted by molar-refractivity contribution is 0.0670. The van der Waals surface area contributed by atoms with Gasteiger partial charge < -0.3 is 28.8 Å². The third kappa shape index (κ3) is 6.54. The van der Waals surface area contributed by atoms with Gasteiger partial charge in [-0.05, 0) is 24.6 Å². The number of carbonyl (C=O) groups is 1. The van der Waals surface area contributed by atoms with E-state index < -0.39 is 5.97 Å². The Kier molecular flexibility index (Phi) is 9.00. The summed E-state index contributed by atoms with van der Waals surface area (Å²) in [7, 11) is 1.68. The number of carboxylic acids is 1. The molecule has 0 unspecified atom stereocenters. The third-order valence-corrected chi connectivity index (χ3v) is 6.38. The van der Waals surface area contributed by atoms with E-state index in [2.05, 4.69) is 44.8 Å². The van der Waals surface area contributed by atoms with Crippen LogP contribution in [0.25, 0.3) is 10.9 Å². The van der Waals surface area contributed by atoms with Crippen LogP contribution >= 0.6 is 0 Å². The fourth-order valence-electron chi connectivity index (χ4n) is 4.52. The first kappa shape index (κ1) is 25.0. The highest BCUT2D eigenvalue weighted by molar-refractivity contribution is 5.93. The Labute approximate surface area is 206 Å². The van der Waals surface area contributed by atoms with Crippen molar-refractivity contribution in [2.75, 3.05) is 71.2 Å². The monoisotopic (exact) mass is 481 g/mol. The summed E-state index contributed by atoms with van der Waals surface area (Å²) in [6.07, 6.45) is 3.12. The molecule has 0 radical (unpaired) electrons. The maximum absolute atomic E-state index is 11.3. The molecular formula is C27H35N3O5. The maximum atomic E-state index is 11.3. The van der Waals surface area contributed by atoms with Crippen molar-refractivity contribution >= 4 is 22.6 Å². The molecule has 0 spiro atoms. The summed E-state index contributed by atoms with van der Waals surface area (Å²) in [5, 5.41) is 10.6. The van der Waals surface area contributed by atoms with Crippen molar-refractivity contribution < 1.29 is 24.1 Å². The quantitative estimate of drug-likeness (QED) is 0.374. The van der Waals surface area contributed by atoms with Crippen LogP contribution in [0.5, 0.6) is 5.75 Å². The van der Waals surface area contributed by atoms with Crippen LogP contribution in [0.1, 0.15) is 16.8 Å². The van der Waals surface area contributed by atoms with Crippen LogP contribution in [-0.2, 0) is 16.0 Å². The van der Waals surface area contributed by atoms with Crippen molar-refractivity contribution in [3.63, 3.8) is 0 Å². The minimum Gasteiger partial charge on any atom is -0.493 e. The highest BCUT2D eigenvalue weighted by Gasteiger charge is 2.20. The lowest BCUT2D eigenvalue weighted by Crippen LogP contribution is -2.46. The topological polar surface area (TPSA) is 76.4 Å². The van der Waals surface area contributed by atoms with Crippen LogP contribution in [0.3, 0.4) is 0 Å². The van der Waals surface area contributed by atoms with Gasteiger partial charge in [0.05, 0.1) is 37.6 Å².